The standard InChI is InChI=1S/C18H19NO4/c1-11-16(22-3)9-14(10-17(11)23-4)18(21)19-15-7-5-6-13(8-15)12(2)20/h5-10H,1-4H3,(H,19,21). The molecule has 1 amide bonds. The Bertz CT molecular complexity index is 727. The molecule has 0 saturated carbocycles. The van der Waals surface area contributed by atoms with Gasteiger partial charge in [0.1, 0.15) is 11.5 Å². The Morgan fingerprint density at radius 1 is 0.957 bits per heavy atom. The fourth-order valence-electron chi connectivity index (χ4n) is 2.24. The normalized spacial score (nSPS) is 10.1. The van der Waals surface area contributed by atoms with E-state index >= 15 is 0 Å². The number of carbonyl (C=O) groups excluding carboxylic acids is 2. The molecule has 0 atom stereocenters. The van der Waals surface area contributed by atoms with E-state index in [1.54, 1.807) is 50.6 Å². The Morgan fingerprint density at radius 2 is 1.57 bits per heavy atom. The van der Waals surface area contributed by atoms with Gasteiger partial charge in [0.15, 0.2) is 5.78 Å². The molecule has 0 aromatic heterocycles. The largest absolute Gasteiger partial charge is 0.496 e. The highest BCUT2D eigenvalue weighted by Gasteiger charge is 2.14. The Balaban J connectivity index is 2.30. The lowest BCUT2D eigenvalue weighted by Crippen LogP contribution is -2.13. The van der Waals surface area contributed by atoms with Gasteiger partial charge in [-0.1, -0.05) is 12.1 Å². The highest BCUT2D eigenvalue weighted by Crippen LogP contribution is 2.29. The molecule has 5 heteroatoms. The first kappa shape index (κ1) is 16.5. The van der Waals surface area contributed by atoms with Crippen LogP contribution in [0.5, 0.6) is 11.5 Å². The van der Waals surface area contributed by atoms with Crippen LogP contribution in [0.2, 0.25) is 0 Å². The van der Waals surface area contributed by atoms with Crippen LogP contribution in [0.3, 0.4) is 0 Å². The van der Waals surface area contributed by atoms with Gasteiger partial charge in [0.05, 0.1) is 14.2 Å². The number of amides is 1. The van der Waals surface area contributed by atoms with Gasteiger partial charge in [0.25, 0.3) is 5.91 Å². The molecule has 2 aromatic rings. The van der Waals surface area contributed by atoms with Gasteiger partial charge < -0.3 is 14.8 Å². The van der Waals surface area contributed by atoms with E-state index < -0.39 is 0 Å². The molecule has 2 aromatic carbocycles. The predicted octanol–water partition coefficient (Wildman–Crippen LogP) is 3.47. The van der Waals surface area contributed by atoms with E-state index in [-0.39, 0.29) is 11.7 Å². The van der Waals surface area contributed by atoms with Crippen molar-refractivity contribution in [3.8, 4) is 11.5 Å². The third-order valence-corrected chi connectivity index (χ3v) is 3.54. The molecule has 0 heterocycles. The van der Waals surface area contributed by atoms with Crippen molar-refractivity contribution in [3.63, 3.8) is 0 Å². The van der Waals surface area contributed by atoms with Crippen molar-refractivity contribution in [1.82, 2.24) is 0 Å². The van der Waals surface area contributed by atoms with E-state index in [1.807, 2.05) is 6.92 Å². The van der Waals surface area contributed by atoms with Gasteiger partial charge in [-0.2, -0.15) is 0 Å². The zero-order valence-electron chi connectivity index (χ0n) is 13.6. The number of rotatable bonds is 5. The lowest BCUT2D eigenvalue weighted by atomic mass is 10.1. The van der Waals surface area contributed by atoms with Crippen molar-refractivity contribution in [2.24, 2.45) is 0 Å². The number of nitrogens with one attached hydrogen (secondary N) is 1. The molecular weight excluding hydrogens is 294 g/mol. The van der Waals surface area contributed by atoms with Gasteiger partial charge >= 0.3 is 0 Å². The minimum Gasteiger partial charge on any atom is -0.496 e. The Morgan fingerprint density at radius 3 is 2.09 bits per heavy atom. The molecule has 0 fully saturated rings. The molecule has 0 aliphatic rings. The smallest absolute Gasteiger partial charge is 0.255 e. The van der Waals surface area contributed by atoms with Crippen LogP contribution in [0, 0.1) is 6.92 Å². The summed E-state index contributed by atoms with van der Waals surface area (Å²) in [5, 5.41) is 2.77. The average Bonchev–Trinajstić information content (AvgIpc) is 2.55. The van der Waals surface area contributed by atoms with Crippen LogP contribution < -0.4 is 14.8 Å². The first-order valence-corrected chi connectivity index (χ1v) is 7.11. The van der Waals surface area contributed by atoms with Crippen molar-refractivity contribution >= 4 is 17.4 Å². The Kier molecular flexibility index (Phi) is 5.01. The van der Waals surface area contributed by atoms with Gasteiger partial charge in [0, 0.05) is 22.4 Å². The van der Waals surface area contributed by atoms with Crippen LogP contribution in [-0.2, 0) is 0 Å². The molecule has 0 radical (unpaired) electrons. The second-order valence-corrected chi connectivity index (χ2v) is 5.10. The zero-order chi connectivity index (χ0) is 17.0. The van der Waals surface area contributed by atoms with E-state index in [4.69, 9.17) is 9.47 Å². The van der Waals surface area contributed by atoms with Crippen molar-refractivity contribution in [1.29, 1.82) is 0 Å². The van der Waals surface area contributed by atoms with Crippen molar-refractivity contribution in [2.75, 3.05) is 19.5 Å². The van der Waals surface area contributed by atoms with E-state index in [1.165, 1.54) is 6.92 Å². The number of hydrogen-bond acceptors (Lipinski definition) is 4. The van der Waals surface area contributed by atoms with Crippen molar-refractivity contribution < 1.29 is 19.1 Å². The molecule has 0 saturated heterocycles. The maximum atomic E-state index is 12.4. The van der Waals surface area contributed by atoms with Crippen LogP contribution in [-0.4, -0.2) is 25.9 Å². The van der Waals surface area contributed by atoms with Gasteiger partial charge in [0.2, 0.25) is 0 Å². The Labute approximate surface area is 135 Å². The summed E-state index contributed by atoms with van der Waals surface area (Å²) in [6, 6.07) is 10.1. The highest BCUT2D eigenvalue weighted by molar-refractivity contribution is 6.05. The summed E-state index contributed by atoms with van der Waals surface area (Å²) in [6.07, 6.45) is 0. The molecule has 0 spiro atoms. The second-order valence-electron chi connectivity index (χ2n) is 5.10. The summed E-state index contributed by atoms with van der Waals surface area (Å²) < 4.78 is 10.5. The summed E-state index contributed by atoms with van der Waals surface area (Å²) in [6.45, 7) is 3.34. The van der Waals surface area contributed by atoms with E-state index in [0.29, 0.717) is 28.3 Å². The molecule has 0 aliphatic carbocycles. The van der Waals surface area contributed by atoms with Crippen molar-refractivity contribution in [3.05, 3.63) is 53.1 Å². The molecule has 120 valence electrons. The van der Waals surface area contributed by atoms with Gasteiger partial charge in [-0.15, -0.1) is 0 Å². The highest BCUT2D eigenvalue weighted by atomic mass is 16.5. The Hall–Kier alpha value is -2.82. The summed E-state index contributed by atoms with van der Waals surface area (Å²) in [5.74, 6) is 0.793. The fraction of sp³-hybridized carbons (Fsp3) is 0.222. The summed E-state index contributed by atoms with van der Waals surface area (Å²) in [4.78, 5) is 23.8. The SMILES string of the molecule is COc1cc(C(=O)Nc2cccc(C(C)=O)c2)cc(OC)c1C. The topological polar surface area (TPSA) is 64.6 Å². The number of Topliss-reactive ketones (excluding diaryl/α,β-unsaturated/α-hetero) is 1. The maximum absolute atomic E-state index is 12.4. The van der Waals surface area contributed by atoms with Gasteiger partial charge in [-0.25, -0.2) is 0 Å². The molecule has 5 nitrogen and oxygen atoms in total. The second kappa shape index (κ2) is 6.96. The monoisotopic (exact) mass is 313 g/mol. The van der Waals surface area contributed by atoms with Crippen molar-refractivity contribution in [2.45, 2.75) is 13.8 Å². The zero-order valence-corrected chi connectivity index (χ0v) is 13.6. The molecule has 23 heavy (non-hydrogen) atoms. The van der Waals surface area contributed by atoms with E-state index in [9.17, 15) is 9.59 Å². The first-order chi connectivity index (χ1) is 11.0. The minimum atomic E-state index is -0.303. The predicted molar refractivity (Wildman–Crippen MR) is 88.7 cm³/mol. The number of methoxy groups -OCH3 is 2. The van der Waals surface area contributed by atoms with Crippen LogP contribution in [0.4, 0.5) is 5.69 Å². The number of ketones is 1. The van der Waals surface area contributed by atoms with Crippen LogP contribution in [0.1, 0.15) is 33.2 Å². The first-order valence-electron chi connectivity index (χ1n) is 7.11. The van der Waals surface area contributed by atoms with Crippen LogP contribution in [0.15, 0.2) is 36.4 Å². The fourth-order valence-corrected chi connectivity index (χ4v) is 2.24. The third kappa shape index (κ3) is 3.69. The number of carbonyl (C=O) groups is 2. The molecule has 1 N–H and O–H groups in total. The minimum absolute atomic E-state index is 0.0558. The molecular formula is C18H19NO4. The van der Waals surface area contributed by atoms with Crippen LogP contribution >= 0.6 is 0 Å². The molecule has 0 aliphatic heterocycles. The molecule has 0 unspecified atom stereocenters. The molecule has 2 rings (SSSR count). The lowest BCUT2D eigenvalue weighted by Gasteiger charge is -2.13. The number of ether oxygens (including phenoxy) is 2. The summed E-state index contributed by atoms with van der Waals surface area (Å²) in [5.41, 5.74) is 2.34. The number of anilines is 1. The average molecular weight is 313 g/mol. The summed E-state index contributed by atoms with van der Waals surface area (Å²) in [7, 11) is 3.08. The lowest BCUT2D eigenvalue weighted by molar-refractivity contribution is 0.101. The van der Waals surface area contributed by atoms with Gasteiger partial charge in [-0.3, -0.25) is 9.59 Å². The molecule has 0 bridgehead atoms. The van der Waals surface area contributed by atoms with E-state index in [2.05, 4.69) is 5.32 Å². The van der Waals surface area contributed by atoms with Gasteiger partial charge in [-0.05, 0) is 38.1 Å². The number of benzene rings is 2. The van der Waals surface area contributed by atoms with E-state index in [0.717, 1.165) is 5.56 Å². The third-order valence-electron chi connectivity index (χ3n) is 3.54. The quantitative estimate of drug-likeness (QED) is 0.859. The summed E-state index contributed by atoms with van der Waals surface area (Å²) >= 11 is 0. The van der Waals surface area contributed by atoms with Crippen LogP contribution in [0.25, 0.3) is 0 Å². The number of hydrogen-bond donors (Lipinski definition) is 1. The maximum Gasteiger partial charge on any atom is 0.255 e.